The minimum absolute atomic E-state index is 0.128. The first-order chi connectivity index (χ1) is 16.0. The quantitative estimate of drug-likeness (QED) is 0.587. The lowest BCUT2D eigenvalue weighted by atomic mass is 9.49. The minimum atomic E-state index is -0.128. The number of morpholine rings is 1. The van der Waals surface area contributed by atoms with Crippen molar-refractivity contribution >= 4 is 32.6 Å². The molecule has 0 unspecified atom stereocenters. The van der Waals surface area contributed by atoms with E-state index in [9.17, 15) is 4.79 Å². The maximum Gasteiger partial charge on any atom is 0.235 e. The second kappa shape index (κ2) is 8.62. The molecule has 1 saturated heterocycles. The standard InChI is InChI=1S/C27H37N3O2S/c1-18-10-23-24(11-19(18)2)33-26(28-23)30(5-3-4-29-6-8-32-9-7-29)25(31)27-15-20-12-21(16-27)14-22(13-20)17-27/h10-11,20-22H,3-9,12-17H2,1-2H3. The highest BCUT2D eigenvalue weighted by Gasteiger charge is 2.56. The van der Waals surface area contributed by atoms with Crippen molar-refractivity contribution in [3.8, 4) is 0 Å². The number of carbonyl (C=O) groups is 1. The van der Waals surface area contributed by atoms with Gasteiger partial charge in [-0.05, 0) is 99.8 Å². The summed E-state index contributed by atoms with van der Waals surface area (Å²) in [6, 6.07) is 4.43. The van der Waals surface area contributed by atoms with Gasteiger partial charge in [0, 0.05) is 26.2 Å². The summed E-state index contributed by atoms with van der Waals surface area (Å²) in [6.45, 7) is 9.76. The van der Waals surface area contributed by atoms with Crippen LogP contribution in [0.3, 0.4) is 0 Å². The lowest BCUT2D eigenvalue weighted by Gasteiger charge is -2.56. The van der Waals surface area contributed by atoms with E-state index in [1.807, 2.05) is 0 Å². The zero-order valence-corrected chi connectivity index (χ0v) is 21.0. The van der Waals surface area contributed by atoms with E-state index in [4.69, 9.17) is 9.72 Å². The smallest absolute Gasteiger partial charge is 0.235 e. The minimum Gasteiger partial charge on any atom is -0.379 e. The van der Waals surface area contributed by atoms with Gasteiger partial charge in [0.25, 0.3) is 0 Å². The fraction of sp³-hybridized carbons (Fsp3) is 0.704. The van der Waals surface area contributed by atoms with Crippen molar-refractivity contribution < 1.29 is 9.53 Å². The number of amides is 1. The highest BCUT2D eigenvalue weighted by molar-refractivity contribution is 7.22. The molecule has 1 aromatic carbocycles. The number of hydrogen-bond acceptors (Lipinski definition) is 5. The molecule has 0 spiro atoms. The molecule has 0 radical (unpaired) electrons. The van der Waals surface area contributed by atoms with Gasteiger partial charge in [-0.15, -0.1) is 0 Å². The number of carbonyl (C=O) groups excluding carboxylic acids is 1. The van der Waals surface area contributed by atoms with Crippen molar-refractivity contribution in [2.24, 2.45) is 23.2 Å². The molecule has 5 fully saturated rings. The van der Waals surface area contributed by atoms with Gasteiger partial charge < -0.3 is 4.74 Å². The third kappa shape index (κ3) is 4.12. The summed E-state index contributed by atoms with van der Waals surface area (Å²) in [4.78, 5) is 24.0. The van der Waals surface area contributed by atoms with E-state index >= 15 is 0 Å². The summed E-state index contributed by atoms with van der Waals surface area (Å²) in [5, 5.41) is 0.915. The molecule has 2 heterocycles. The molecule has 6 heteroatoms. The Morgan fingerprint density at radius 2 is 1.73 bits per heavy atom. The molecular formula is C27H37N3O2S. The van der Waals surface area contributed by atoms with Crippen LogP contribution in [0, 0.1) is 37.0 Å². The van der Waals surface area contributed by atoms with Gasteiger partial charge in [0.05, 0.1) is 28.8 Å². The molecular weight excluding hydrogens is 430 g/mol. The fourth-order valence-corrected chi connectivity index (χ4v) is 8.57. The molecule has 2 aromatic rings. The van der Waals surface area contributed by atoms with Crippen LogP contribution >= 0.6 is 11.3 Å². The maximum atomic E-state index is 14.3. The molecule has 4 aliphatic carbocycles. The van der Waals surface area contributed by atoms with Crippen LogP contribution in [0.2, 0.25) is 0 Å². The number of rotatable bonds is 6. The van der Waals surface area contributed by atoms with Crippen LogP contribution < -0.4 is 4.90 Å². The van der Waals surface area contributed by atoms with Gasteiger partial charge in [0.2, 0.25) is 5.91 Å². The Labute approximate surface area is 201 Å². The summed E-state index contributed by atoms with van der Waals surface area (Å²) in [5.74, 6) is 2.71. The molecule has 1 aromatic heterocycles. The van der Waals surface area contributed by atoms with E-state index in [0.717, 1.165) is 93.5 Å². The highest BCUT2D eigenvalue weighted by Crippen LogP contribution is 2.60. The van der Waals surface area contributed by atoms with Crippen molar-refractivity contribution in [3.63, 3.8) is 0 Å². The highest BCUT2D eigenvalue weighted by atomic mass is 32.1. The molecule has 5 nitrogen and oxygen atoms in total. The van der Waals surface area contributed by atoms with E-state index in [1.54, 1.807) is 11.3 Å². The summed E-state index contributed by atoms with van der Waals surface area (Å²) >= 11 is 1.71. The van der Waals surface area contributed by atoms with Gasteiger partial charge in [-0.3, -0.25) is 14.6 Å². The second-order valence-corrected chi connectivity index (χ2v) is 12.4. The summed E-state index contributed by atoms with van der Waals surface area (Å²) in [5.41, 5.74) is 3.47. The van der Waals surface area contributed by atoms with Crippen molar-refractivity contribution in [2.75, 3.05) is 44.3 Å². The van der Waals surface area contributed by atoms with E-state index < -0.39 is 0 Å². The molecule has 7 rings (SSSR count). The number of aromatic nitrogens is 1. The Hall–Kier alpha value is -1.50. The Morgan fingerprint density at radius 3 is 2.39 bits per heavy atom. The topological polar surface area (TPSA) is 45.7 Å². The first-order valence-corrected chi connectivity index (χ1v) is 13.8. The first kappa shape index (κ1) is 22.0. The Balaban J connectivity index is 1.28. The molecule has 0 N–H and O–H groups in total. The van der Waals surface area contributed by atoms with E-state index in [1.165, 1.54) is 35.1 Å². The molecule has 1 aliphatic heterocycles. The first-order valence-electron chi connectivity index (χ1n) is 13.0. The van der Waals surface area contributed by atoms with Gasteiger partial charge >= 0.3 is 0 Å². The molecule has 33 heavy (non-hydrogen) atoms. The number of fused-ring (bicyclic) bond motifs is 1. The van der Waals surface area contributed by atoms with E-state index in [2.05, 4.69) is 35.8 Å². The van der Waals surface area contributed by atoms with Crippen LogP contribution in [0.15, 0.2) is 12.1 Å². The van der Waals surface area contributed by atoms with Crippen molar-refractivity contribution in [1.29, 1.82) is 0 Å². The zero-order valence-electron chi connectivity index (χ0n) is 20.1. The number of aryl methyl sites for hydroxylation is 2. The van der Waals surface area contributed by atoms with Crippen molar-refractivity contribution in [1.82, 2.24) is 9.88 Å². The molecule has 4 bridgehead atoms. The zero-order chi connectivity index (χ0) is 22.6. The number of nitrogens with zero attached hydrogens (tertiary/aromatic N) is 3. The second-order valence-electron chi connectivity index (χ2n) is 11.4. The van der Waals surface area contributed by atoms with E-state index in [-0.39, 0.29) is 5.41 Å². The predicted octanol–water partition coefficient (Wildman–Crippen LogP) is 5.18. The van der Waals surface area contributed by atoms with Crippen LogP contribution in [-0.4, -0.2) is 55.2 Å². The number of thiazole rings is 1. The third-order valence-electron chi connectivity index (χ3n) is 8.92. The number of benzene rings is 1. The number of anilines is 1. The SMILES string of the molecule is Cc1cc2nc(N(CCCN3CCOCC3)C(=O)C34CC5CC(CC(C5)C3)C4)sc2cc1C. The summed E-state index contributed by atoms with van der Waals surface area (Å²) in [6.07, 6.45) is 8.42. The molecule has 0 atom stereocenters. The summed E-state index contributed by atoms with van der Waals surface area (Å²) < 4.78 is 6.71. The monoisotopic (exact) mass is 467 g/mol. The van der Waals surface area contributed by atoms with Gasteiger partial charge in [0.15, 0.2) is 5.13 Å². The Bertz CT molecular complexity index is 967. The van der Waals surface area contributed by atoms with Crippen LogP contribution in [0.4, 0.5) is 5.13 Å². The molecule has 5 aliphatic rings. The molecule has 178 valence electrons. The average Bonchev–Trinajstić information content (AvgIpc) is 3.18. The van der Waals surface area contributed by atoms with Crippen LogP contribution in [0.25, 0.3) is 10.2 Å². The Morgan fingerprint density at radius 1 is 1.09 bits per heavy atom. The van der Waals surface area contributed by atoms with Crippen LogP contribution in [0.1, 0.15) is 56.1 Å². The van der Waals surface area contributed by atoms with Gasteiger partial charge in [0.1, 0.15) is 0 Å². The Kier molecular flexibility index (Phi) is 5.74. The van der Waals surface area contributed by atoms with E-state index in [0.29, 0.717) is 5.91 Å². The van der Waals surface area contributed by atoms with Gasteiger partial charge in [-0.1, -0.05) is 11.3 Å². The van der Waals surface area contributed by atoms with Crippen molar-refractivity contribution in [3.05, 3.63) is 23.3 Å². The normalized spacial score (nSPS) is 31.4. The van der Waals surface area contributed by atoms with Crippen LogP contribution in [0.5, 0.6) is 0 Å². The van der Waals surface area contributed by atoms with Crippen molar-refractivity contribution in [2.45, 2.75) is 58.8 Å². The number of ether oxygens (including phenoxy) is 1. The number of hydrogen-bond donors (Lipinski definition) is 0. The van der Waals surface area contributed by atoms with Crippen LogP contribution in [-0.2, 0) is 9.53 Å². The third-order valence-corrected chi connectivity index (χ3v) is 9.96. The largest absolute Gasteiger partial charge is 0.379 e. The fourth-order valence-electron chi connectivity index (χ4n) is 7.50. The van der Waals surface area contributed by atoms with Gasteiger partial charge in [-0.25, -0.2) is 4.98 Å². The average molecular weight is 468 g/mol. The molecule has 4 saturated carbocycles. The van der Waals surface area contributed by atoms with Gasteiger partial charge in [-0.2, -0.15) is 0 Å². The lowest BCUT2D eigenvalue weighted by molar-refractivity contribution is -0.143. The lowest BCUT2D eigenvalue weighted by Crippen LogP contribution is -2.55. The predicted molar refractivity (Wildman–Crippen MR) is 134 cm³/mol. The molecule has 1 amide bonds. The maximum absolute atomic E-state index is 14.3. The summed E-state index contributed by atoms with van der Waals surface area (Å²) in [7, 11) is 0.